The molecule has 1 aromatic heterocycles. The third-order valence-corrected chi connectivity index (χ3v) is 3.37. The van der Waals surface area contributed by atoms with Crippen molar-refractivity contribution in [2.24, 2.45) is 0 Å². The van der Waals surface area contributed by atoms with Crippen LogP contribution in [-0.2, 0) is 11.2 Å². The summed E-state index contributed by atoms with van der Waals surface area (Å²) >= 11 is 3.39. The summed E-state index contributed by atoms with van der Waals surface area (Å²) in [5.74, 6) is 0. The summed E-state index contributed by atoms with van der Waals surface area (Å²) in [6.45, 7) is 1.41. The zero-order chi connectivity index (χ0) is 11.4. The summed E-state index contributed by atoms with van der Waals surface area (Å²) in [5, 5.41) is 10.5. The minimum Gasteiger partial charge on any atom is -0.389 e. The fourth-order valence-electron chi connectivity index (χ4n) is 2.10. The number of pyridine rings is 1. The number of ether oxygens (including phenoxy) is 1. The lowest BCUT2D eigenvalue weighted by atomic mass is 9.88. The lowest BCUT2D eigenvalue weighted by Gasteiger charge is -2.25. The summed E-state index contributed by atoms with van der Waals surface area (Å²) in [6.07, 6.45) is 6.66. The summed E-state index contributed by atoms with van der Waals surface area (Å²) in [4.78, 5) is 4.12. The maximum atomic E-state index is 10.5. The van der Waals surface area contributed by atoms with E-state index in [1.54, 1.807) is 6.20 Å². The first-order chi connectivity index (χ1) is 7.68. The standard InChI is InChI=1S/C12H16BrNO2/c13-11-6-10(8-14-9-11)7-12(15)2-1-4-16-5-3-12/h6,8-9,15H,1-5,7H2. The minimum atomic E-state index is -0.626. The van der Waals surface area contributed by atoms with E-state index in [-0.39, 0.29) is 0 Å². The molecule has 0 radical (unpaired) electrons. The molecule has 0 aromatic carbocycles. The Morgan fingerprint density at radius 3 is 3.06 bits per heavy atom. The van der Waals surface area contributed by atoms with Crippen molar-refractivity contribution in [3.63, 3.8) is 0 Å². The van der Waals surface area contributed by atoms with Crippen molar-refractivity contribution in [1.82, 2.24) is 4.98 Å². The Labute approximate surface area is 104 Å². The highest BCUT2D eigenvalue weighted by molar-refractivity contribution is 9.10. The van der Waals surface area contributed by atoms with Gasteiger partial charge < -0.3 is 9.84 Å². The molecule has 2 rings (SSSR count). The lowest BCUT2D eigenvalue weighted by molar-refractivity contribution is 0.0188. The highest BCUT2D eigenvalue weighted by Crippen LogP contribution is 2.26. The molecule has 88 valence electrons. The van der Waals surface area contributed by atoms with Crippen LogP contribution in [0.1, 0.15) is 24.8 Å². The smallest absolute Gasteiger partial charge is 0.0711 e. The Balaban J connectivity index is 2.06. The topological polar surface area (TPSA) is 42.4 Å². The molecule has 0 bridgehead atoms. The molecule has 3 nitrogen and oxygen atoms in total. The second kappa shape index (κ2) is 5.25. The second-order valence-electron chi connectivity index (χ2n) is 4.38. The summed E-state index contributed by atoms with van der Waals surface area (Å²) in [5.41, 5.74) is 0.442. The van der Waals surface area contributed by atoms with E-state index in [4.69, 9.17) is 4.74 Å². The minimum absolute atomic E-state index is 0.626. The van der Waals surface area contributed by atoms with Crippen LogP contribution in [0.3, 0.4) is 0 Å². The van der Waals surface area contributed by atoms with Crippen molar-refractivity contribution >= 4 is 15.9 Å². The van der Waals surface area contributed by atoms with Gasteiger partial charge in [0.25, 0.3) is 0 Å². The van der Waals surface area contributed by atoms with Crippen LogP contribution in [0.2, 0.25) is 0 Å². The average molecular weight is 286 g/mol. The third kappa shape index (κ3) is 3.27. The lowest BCUT2D eigenvalue weighted by Crippen LogP contribution is -2.31. The third-order valence-electron chi connectivity index (χ3n) is 2.94. The Kier molecular flexibility index (Phi) is 3.95. The van der Waals surface area contributed by atoms with E-state index in [2.05, 4.69) is 20.9 Å². The van der Waals surface area contributed by atoms with Gasteiger partial charge in [0.1, 0.15) is 0 Å². The molecule has 1 aliphatic rings. The normalized spacial score (nSPS) is 26.4. The quantitative estimate of drug-likeness (QED) is 0.907. The van der Waals surface area contributed by atoms with Crippen molar-refractivity contribution in [3.8, 4) is 0 Å². The molecule has 1 aromatic rings. The van der Waals surface area contributed by atoms with Gasteiger partial charge in [0.2, 0.25) is 0 Å². The Morgan fingerprint density at radius 1 is 1.38 bits per heavy atom. The van der Waals surface area contributed by atoms with Gasteiger partial charge in [0.15, 0.2) is 0 Å². The van der Waals surface area contributed by atoms with Crippen molar-refractivity contribution in [3.05, 3.63) is 28.5 Å². The van der Waals surface area contributed by atoms with E-state index in [0.717, 1.165) is 29.5 Å². The molecule has 4 heteroatoms. The van der Waals surface area contributed by atoms with Gasteiger partial charge in [-0.3, -0.25) is 4.98 Å². The van der Waals surface area contributed by atoms with E-state index in [0.29, 0.717) is 19.4 Å². The van der Waals surface area contributed by atoms with Gasteiger partial charge in [-0.25, -0.2) is 0 Å². The molecule has 2 heterocycles. The molecule has 1 aliphatic heterocycles. The van der Waals surface area contributed by atoms with Crippen LogP contribution in [-0.4, -0.2) is 28.9 Å². The van der Waals surface area contributed by atoms with E-state index in [1.165, 1.54) is 0 Å². The van der Waals surface area contributed by atoms with E-state index >= 15 is 0 Å². The molecule has 0 saturated carbocycles. The maximum absolute atomic E-state index is 10.5. The van der Waals surface area contributed by atoms with Gasteiger partial charge in [-0.15, -0.1) is 0 Å². The van der Waals surface area contributed by atoms with Gasteiger partial charge in [0.05, 0.1) is 5.60 Å². The molecule has 1 saturated heterocycles. The van der Waals surface area contributed by atoms with Crippen LogP contribution in [0.4, 0.5) is 0 Å². The first-order valence-corrected chi connectivity index (χ1v) is 6.37. The molecule has 1 fully saturated rings. The first kappa shape index (κ1) is 12.0. The van der Waals surface area contributed by atoms with Gasteiger partial charge in [-0.1, -0.05) is 0 Å². The number of halogens is 1. The Bertz CT molecular complexity index is 349. The SMILES string of the molecule is OC1(Cc2cncc(Br)c2)CCCOCC1. The molecule has 16 heavy (non-hydrogen) atoms. The zero-order valence-electron chi connectivity index (χ0n) is 9.16. The zero-order valence-corrected chi connectivity index (χ0v) is 10.7. The number of hydrogen-bond donors (Lipinski definition) is 1. The number of aliphatic hydroxyl groups is 1. The molecule has 0 amide bonds. The summed E-state index contributed by atoms with van der Waals surface area (Å²) in [7, 11) is 0. The Hall–Kier alpha value is -0.450. The molecule has 1 atom stereocenters. The molecule has 0 spiro atoms. The van der Waals surface area contributed by atoms with Crippen molar-refractivity contribution in [1.29, 1.82) is 0 Å². The fraction of sp³-hybridized carbons (Fsp3) is 0.583. The monoisotopic (exact) mass is 285 g/mol. The highest BCUT2D eigenvalue weighted by Gasteiger charge is 2.28. The Morgan fingerprint density at radius 2 is 2.25 bits per heavy atom. The van der Waals surface area contributed by atoms with Crippen molar-refractivity contribution in [2.45, 2.75) is 31.3 Å². The van der Waals surface area contributed by atoms with Crippen LogP contribution in [0.5, 0.6) is 0 Å². The summed E-state index contributed by atoms with van der Waals surface area (Å²) in [6, 6.07) is 2.01. The van der Waals surface area contributed by atoms with Crippen molar-refractivity contribution < 1.29 is 9.84 Å². The first-order valence-electron chi connectivity index (χ1n) is 5.58. The fourth-order valence-corrected chi connectivity index (χ4v) is 2.51. The number of hydrogen-bond acceptors (Lipinski definition) is 3. The van der Waals surface area contributed by atoms with E-state index in [1.807, 2.05) is 12.3 Å². The average Bonchev–Trinajstić information content (AvgIpc) is 2.43. The number of nitrogens with zero attached hydrogens (tertiary/aromatic N) is 1. The van der Waals surface area contributed by atoms with Gasteiger partial charge in [0, 0.05) is 36.5 Å². The number of aromatic nitrogens is 1. The molecule has 1 N–H and O–H groups in total. The van der Waals surface area contributed by atoms with Crippen LogP contribution in [0, 0.1) is 0 Å². The molecular formula is C12H16BrNO2. The summed E-state index contributed by atoms with van der Waals surface area (Å²) < 4.78 is 6.32. The number of rotatable bonds is 2. The predicted molar refractivity (Wildman–Crippen MR) is 65.3 cm³/mol. The van der Waals surface area contributed by atoms with Crippen molar-refractivity contribution in [2.75, 3.05) is 13.2 Å². The van der Waals surface area contributed by atoms with E-state index in [9.17, 15) is 5.11 Å². The molecule has 0 aliphatic carbocycles. The second-order valence-corrected chi connectivity index (χ2v) is 5.29. The van der Waals surface area contributed by atoms with Crippen LogP contribution >= 0.6 is 15.9 Å². The van der Waals surface area contributed by atoms with Gasteiger partial charge in [-0.05, 0) is 46.8 Å². The van der Waals surface area contributed by atoms with Crippen LogP contribution in [0.15, 0.2) is 22.9 Å². The van der Waals surface area contributed by atoms with Gasteiger partial charge in [-0.2, -0.15) is 0 Å². The molecule has 1 unspecified atom stereocenters. The highest BCUT2D eigenvalue weighted by atomic mass is 79.9. The molecular weight excluding hydrogens is 270 g/mol. The van der Waals surface area contributed by atoms with E-state index < -0.39 is 5.60 Å². The predicted octanol–water partition coefficient (Wildman–Crippen LogP) is 2.32. The van der Waals surface area contributed by atoms with Gasteiger partial charge >= 0.3 is 0 Å². The maximum Gasteiger partial charge on any atom is 0.0711 e. The largest absolute Gasteiger partial charge is 0.389 e. The van der Waals surface area contributed by atoms with Crippen LogP contribution in [0.25, 0.3) is 0 Å². The van der Waals surface area contributed by atoms with Crippen LogP contribution < -0.4 is 0 Å².